The molecule has 10 heteroatoms. The van der Waals surface area contributed by atoms with Crippen LogP contribution in [0.15, 0.2) is 59.4 Å². The number of hydrazine groups is 1. The highest BCUT2D eigenvalue weighted by molar-refractivity contribution is 7.07. The predicted molar refractivity (Wildman–Crippen MR) is 122 cm³/mol. The quantitative estimate of drug-likeness (QED) is 0.287. The summed E-state index contributed by atoms with van der Waals surface area (Å²) in [7, 11) is 0. The van der Waals surface area contributed by atoms with E-state index in [1.165, 1.54) is 16.3 Å². The molecule has 1 unspecified atom stereocenters. The highest BCUT2D eigenvalue weighted by Gasteiger charge is 2.26. The molecule has 0 saturated heterocycles. The maximum absolute atomic E-state index is 12.2. The Labute approximate surface area is 189 Å². The van der Waals surface area contributed by atoms with Gasteiger partial charge in [-0.05, 0) is 35.4 Å². The molecular weight excluding hydrogens is 436 g/mol. The second-order valence-electron chi connectivity index (χ2n) is 6.93. The van der Waals surface area contributed by atoms with Crippen molar-refractivity contribution in [2.75, 3.05) is 11.9 Å². The van der Waals surface area contributed by atoms with Crippen molar-refractivity contribution in [1.82, 2.24) is 9.99 Å². The minimum atomic E-state index is -0.521. The summed E-state index contributed by atoms with van der Waals surface area (Å²) in [4.78, 5) is 27.4. The minimum Gasteiger partial charge on any atom is -0.370 e. The van der Waals surface area contributed by atoms with Crippen LogP contribution in [0, 0.1) is 0 Å². The lowest BCUT2D eigenvalue weighted by Crippen LogP contribution is -2.42. The Hall–Kier alpha value is -2.82. The number of benzene rings is 2. The van der Waals surface area contributed by atoms with Crippen LogP contribution in [0.5, 0.6) is 0 Å². The van der Waals surface area contributed by atoms with Crippen LogP contribution >= 0.6 is 22.9 Å². The molecule has 2 aromatic carbocycles. The second kappa shape index (κ2) is 10.5. The summed E-state index contributed by atoms with van der Waals surface area (Å²) in [5.74, 6) is 5.55. The van der Waals surface area contributed by atoms with Crippen LogP contribution < -0.4 is 22.6 Å². The molecule has 2 amide bonds. The fraction of sp³-hybridized carbons (Fsp3) is 0.190. The average molecular weight is 459 g/mol. The molecule has 31 heavy (non-hydrogen) atoms. The van der Waals surface area contributed by atoms with Crippen LogP contribution in [0.1, 0.15) is 40.1 Å². The van der Waals surface area contributed by atoms with Gasteiger partial charge in [-0.25, -0.2) is 9.99 Å². The van der Waals surface area contributed by atoms with E-state index in [-0.39, 0.29) is 18.9 Å². The standard InChI is InChI=1S/C21H23ClN6O2S/c22-15-3-1-2-14(10-15)19(24)20(28(25)9-8-18(23)29)13-4-6-16(7-5-13)27-21(30)17-11-31-12-26-17/h1-7,10-12,19-20H,8-9,24-25H2,(H2,23,29)(H,27,30)/t19?,20-/m1/s1. The van der Waals surface area contributed by atoms with Crippen molar-refractivity contribution in [3.8, 4) is 0 Å². The predicted octanol–water partition coefficient (Wildman–Crippen LogP) is 2.84. The molecule has 0 spiro atoms. The van der Waals surface area contributed by atoms with Crippen molar-refractivity contribution in [1.29, 1.82) is 0 Å². The largest absolute Gasteiger partial charge is 0.370 e. The molecule has 0 aliphatic heterocycles. The number of carbonyl (C=O) groups excluding carboxylic acids is 2. The number of thiazole rings is 1. The third-order valence-corrected chi connectivity index (χ3v) is 5.54. The molecule has 0 saturated carbocycles. The van der Waals surface area contributed by atoms with E-state index in [4.69, 9.17) is 28.9 Å². The van der Waals surface area contributed by atoms with Crippen molar-refractivity contribution in [3.63, 3.8) is 0 Å². The summed E-state index contributed by atoms with van der Waals surface area (Å²) < 4.78 is 0. The molecule has 0 aliphatic carbocycles. The van der Waals surface area contributed by atoms with Gasteiger partial charge in [-0.15, -0.1) is 11.3 Å². The van der Waals surface area contributed by atoms with Crippen molar-refractivity contribution >= 4 is 40.4 Å². The molecule has 162 valence electrons. The summed E-state index contributed by atoms with van der Waals surface area (Å²) in [6.07, 6.45) is 0.0943. The van der Waals surface area contributed by atoms with Gasteiger partial charge in [0.15, 0.2) is 0 Å². The number of halogens is 1. The number of primary amides is 1. The Kier molecular flexibility index (Phi) is 7.72. The van der Waals surface area contributed by atoms with Gasteiger partial charge < -0.3 is 16.8 Å². The van der Waals surface area contributed by atoms with Crippen molar-refractivity contribution in [2.24, 2.45) is 17.3 Å². The van der Waals surface area contributed by atoms with Gasteiger partial charge in [0.05, 0.1) is 17.6 Å². The molecule has 3 aromatic rings. The Balaban J connectivity index is 1.83. The third kappa shape index (κ3) is 6.09. The van der Waals surface area contributed by atoms with E-state index in [1.807, 2.05) is 24.3 Å². The van der Waals surface area contributed by atoms with Gasteiger partial charge >= 0.3 is 0 Å². The van der Waals surface area contributed by atoms with Crippen LogP contribution in [-0.4, -0.2) is 28.4 Å². The molecular formula is C21H23ClN6O2S. The first-order valence-corrected chi connectivity index (χ1v) is 10.8. The van der Waals surface area contributed by atoms with Gasteiger partial charge in [-0.1, -0.05) is 35.9 Å². The zero-order valence-corrected chi connectivity index (χ0v) is 18.1. The third-order valence-electron chi connectivity index (χ3n) is 4.72. The van der Waals surface area contributed by atoms with E-state index in [0.717, 1.165) is 11.1 Å². The van der Waals surface area contributed by atoms with Crippen LogP contribution in [0.25, 0.3) is 0 Å². The molecule has 7 N–H and O–H groups in total. The summed E-state index contributed by atoms with van der Waals surface area (Å²) in [5, 5.41) is 6.54. The van der Waals surface area contributed by atoms with Crippen molar-refractivity contribution < 1.29 is 9.59 Å². The van der Waals surface area contributed by atoms with Crippen LogP contribution in [0.2, 0.25) is 5.02 Å². The zero-order valence-electron chi connectivity index (χ0n) is 16.6. The number of nitrogens with zero attached hydrogens (tertiary/aromatic N) is 2. The number of nitrogens with two attached hydrogens (primary N) is 3. The fourth-order valence-electron chi connectivity index (χ4n) is 3.16. The van der Waals surface area contributed by atoms with Crippen LogP contribution in [-0.2, 0) is 4.79 Å². The summed E-state index contributed by atoms with van der Waals surface area (Å²) in [6.45, 7) is 0.233. The molecule has 0 radical (unpaired) electrons. The number of anilines is 1. The van der Waals surface area contributed by atoms with E-state index < -0.39 is 18.0 Å². The smallest absolute Gasteiger partial charge is 0.275 e. The first kappa shape index (κ1) is 22.9. The Morgan fingerprint density at radius 1 is 1.16 bits per heavy atom. The number of amides is 2. The molecule has 0 fully saturated rings. The van der Waals surface area contributed by atoms with Crippen molar-refractivity contribution in [3.05, 3.63) is 81.3 Å². The Morgan fingerprint density at radius 2 is 1.90 bits per heavy atom. The molecule has 1 heterocycles. The SMILES string of the molecule is NC(=O)CCN(N)[C@H](c1ccc(NC(=O)c2cscn2)cc1)C(N)c1cccc(Cl)c1. The van der Waals surface area contributed by atoms with Gasteiger partial charge in [0.25, 0.3) is 5.91 Å². The number of rotatable bonds is 9. The van der Waals surface area contributed by atoms with Gasteiger partial charge in [-0.3, -0.25) is 15.4 Å². The normalized spacial score (nSPS) is 13.0. The Bertz CT molecular complexity index is 1030. The van der Waals surface area contributed by atoms with Crippen molar-refractivity contribution in [2.45, 2.75) is 18.5 Å². The summed E-state index contributed by atoms with van der Waals surface area (Å²) in [5.41, 5.74) is 16.0. The van der Waals surface area contributed by atoms with E-state index >= 15 is 0 Å². The number of nitrogens with one attached hydrogen (secondary N) is 1. The molecule has 8 nitrogen and oxygen atoms in total. The summed E-state index contributed by atoms with van der Waals surface area (Å²) in [6, 6.07) is 13.4. The number of carbonyl (C=O) groups is 2. The highest BCUT2D eigenvalue weighted by Crippen LogP contribution is 2.32. The molecule has 0 bridgehead atoms. The van der Waals surface area contributed by atoms with E-state index in [0.29, 0.717) is 16.4 Å². The van der Waals surface area contributed by atoms with Crippen LogP contribution in [0.3, 0.4) is 0 Å². The van der Waals surface area contributed by atoms with Gasteiger partial charge in [0.1, 0.15) is 5.69 Å². The molecule has 1 aromatic heterocycles. The lowest BCUT2D eigenvalue weighted by Gasteiger charge is -2.33. The fourth-order valence-corrected chi connectivity index (χ4v) is 3.89. The zero-order chi connectivity index (χ0) is 22.4. The lowest BCUT2D eigenvalue weighted by atomic mass is 9.93. The van der Waals surface area contributed by atoms with E-state index in [1.54, 1.807) is 35.2 Å². The van der Waals surface area contributed by atoms with Gasteiger partial charge in [0.2, 0.25) is 5.91 Å². The van der Waals surface area contributed by atoms with Crippen LogP contribution in [0.4, 0.5) is 5.69 Å². The van der Waals surface area contributed by atoms with E-state index in [9.17, 15) is 9.59 Å². The average Bonchev–Trinajstić information content (AvgIpc) is 3.29. The molecule has 0 aliphatic rings. The maximum atomic E-state index is 12.2. The van der Waals surface area contributed by atoms with E-state index in [2.05, 4.69) is 10.3 Å². The Morgan fingerprint density at radius 3 is 2.52 bits per heavy atom. The number of hydrogen-bond donors (Lipinski definition) is 4. The monoisotopic (exact) mass is 458 g/mol. The van der Waals surface area contributed by atoms with Gasteiger partial charge in [0, 0.05) is 29.1 Å². The lowest BCUT2D eigenvalue weighted by molar-refractivity contribution is -0.118. The number of aromatic nitrogens is 1. The summed E-state index contributed by atoms with van der Waals surface area (Å²) >= 11 is 7.48. The molecule has 2 atom stereocenters. The first-order valence-electron chi connectivity index (χ1n) is 9.45. The topological polar surface area (TPSA) is 140 Å². The minimum absolute atomic E-state index is 0.0943. The number of hydrogen-bond acceptors (Lipinski definition) is 7. The first-order chi connectivity index (χ1) is 14.8. The highest BCUT2D eigenvalue weighted by atomic mass is 35.5. The maximum Gasteiger partial charge on any atom is 0.275 e. The van der Waals surface area contributed by atoms with Gasteiger partial charge in [-0.2, -0.15) is 0 Å². The molecule has 3 rings (SSSR count). The second-order valence-corrected chi connectivity index (χ2v) is 8.08.